The Hall–Kier alpha value is -0.760. The van der Waals surface area contributed by atoms with Gasteiger partial charge in [-0.05, 0) is 12.5 Å². The van der Waals surface area contributed by atoms with Crippen LogP contribution in [0.25, 0.3) is 0 Å². The normalized spacial score (nSPS) is 9.83. The van der Waals surface area contributed by atoms with Gasteiger partial charge >= 0.3 is 0 Å². The van der Waals surface area contributed by atoms with Crippen LogP contribution in [0.2, 0.25) is 0 Å². The molecule has 1 aromatic rings. The second-order valence-corrected chi connectivity index (χ2v) is 2.72. The van der Waals surface area contributed by atoms with Crippen molar-refractivity contribution in [1.82, 2.24) is 4.98 Å². The van der Waals surface area contributed by atoms with Gasteiger partial charge in [-0.2, -0.15) is 0 Å². The first-order valence-electron chi connectivity index (χ1n) is 4.01. The van der Waals surface area contributed by atoms with Crippen molar-refractivity contribution >= 4 is 11.6 Å². The molecular formula is C9H12ClNO. The zero-order valence-corrected chi connectivity index (χ0v) is 7.84. The Bertz CT molecular complexity index is 240. The van der Waals surface area contributed by atoms with Crippen molar-refractivity contribution in [2.45, 2.75) is 19.2 Å². The first-order chi connectivity index (χ1) is 5.88. The summed E-state index contributed by atoms with van der Waals surface area (Å²) in [6, 6.07) is 3.78. The van der Waals surface area contributed by atoms with E-state index in [2.05, 4.69) is 11.9 Å². The SMILES string of the molecule is CCCOc1ncccc1CCl. The second kappa shape index (κ2) is 4.99. The zero-order valence-electron chi connectivity index (χ0n) is 7.09. The second-order valence-electron chi connectivity index (χ2n) is 2.45. The summed E-state index contributed by atoms with van der Waals surface area (Å²) in [6.45, 7) is 2.75. The molecule has 0 radical (unpaired) electrons. The first-order valence-corrected chi connectivity index (χ1v) is 4.54. The fourth-order valence-corrected chi connectivity index (χ4v) is 1.06. The van der Waals surface area contributed by atoms with E-state index in [4.69, 9.17) is 16.3 Å². The topological polar surface area (TPSA) is 22.1 Å². The van der Waals surface area contributed by atoms with Crippen LogP contribution in [0, 0.1) is 0 Å². The minimum absolute atomic E-state index is 0.451. The van der Waals surface area contributed by atoms with Crippen LogP contribution < -0.4 is 4.74 Å². The summed E-state index contributed by atoms with van der Waals surface area (Å²) in [4.78, 5) is 4.08. The van der Waals surface area contributed by atoms with Crippen molar-refractivity contribution in [2.24, 2.45) is 0 Å². The van der Waals surface area contributed by atoms with Crippen LogP contribution in [0.3, 0.4) is 0 Å². The third-order valence-electron chi connectivity index (χ3n) is 1.44. The monoisotopic (exact) mass is 185 g/mol. The van der Waals surface area contributed by atoms with Gasteiger partial charge in [0.05, 0.1) is 12.5 Å². The number of hydrogen-bond acceptors (Lipinski definition) is 2. The van der Waals surface area contributed by atoms with Gasteiger partial charge in [-0.25, -0.2) is 4.98 Å². The van der Waals surface area contributed by atoms with E-state index in [0.29, 0.717) is 18.4 Å². The van der Waals surface area contributed by atoms with Crippen molar-refractivity contribution in [3.8, 4) is 5.88 Å². The summed E-state index contributed by atoms with van der Waals surface area (Å²) in [5.41, 5.74) is 0.951. The van der Waals surface area contributed by atoms with Crippen LogP contribution in [0.4, 0.5) is 0 Å². The zero-order chi connectivity index (χ0) is 8.81. The van der Waals surface area contributed by atoms with E-state index >= 15 is 0 Å². The molecule has 12 heavy (non-hydrogen) atoms. The van der Waals surface area contributed by atoms with E-state index in [-0.39, 0.29) is 0 Å². The lowest BCUT2D eigenvalue weighted by atomic mass is 10.3. The van der Waals surface area contributed by atoms with E-state index in [9.17, 15) is 0 Å². The van der Waals surface area contributed by atoms with Gasteiger partial charge in [0.1, 0.15) is 0 Å². The molecule has 1 heterocycles. The summed E-state index contributed by atoms with van der Waals surface area (Å²) in [6.07, 6.45) is 2.69. The maximum Gasteiger partial charge on any atom is 0.217 e. The molecule has 0 aliphatic carbocycles. The van der Waals surface area contributed by atoms with Crippen molar-refractivity contribution in [1.29, 1.82) is 0 Å². The van der Waals surface area contributed by atoms with Crippen molar-refractivity contribution in [3.05, 3.63) is 23.9 Å². The Balaban J connectivity index is 2.68. The Morgan fingerprint density at radius 3 is 3.08 bits per heavy atom. The molecule has 1 aromatic heterocycles. The Morgan fingerprint density at radius 1 is 1.58 bits per heavy atom. The molecule has 0 atom stereocenters. The highest BCUT2D eigenvalue weighted by molar-refractivity contribution is 6.17. The number of nitrogens with zero attached hydrogens (tertiary/aromatic N) is 1. The Kier molecular flexibility index (Phi) is 3.88. The molecular weight excluding hydrogens is 174 g/mol. The van der Waals surface area contributed by atoms with Crippen LogP contribution in [0.15, 0.2) is 18.3 Å². The van der Waals surface area contributed by atoms with E-state index in [0.717, 1.165) is 12.0 Å². The fourth-order valence-electron chi connectivity index (χ4n) is 0.855. The van der Waals surface area contributed by atoms with Gasteiger partial charge in [0, 0.05) is 11.8 Å². The number of halogens is 1. The summed E-state index contributed by atoms with van der Waals surface area (Å²) in [7, 11) is 0. The molecule has 0 aromatic carbocycles. The minimum Gasteiger partial charge on any atom is -0.477 e. The molecule has 66 valence electrons. The standard InChI is InChI=1S/C9H12ClNO/c1-2-6-12-9-8(7-10)4-3-5-11-9/h3-5H,2,6-7H2,1H3. The predicted octanol–water partition coefficient (Wildman–Crippen LogP) is 2.61. The fraction of sp³-hybridized carbons (Fsp3) is 0.444. The smallest absolute Gasteiger partial charge is 0.217 e. The quantitative estimate of drug-likeness (QED) is 0.673. The molecule has 0 bridgehead atoms. The lowest BCUT2D eigenvalue weighted by Crippen LogP contribution is -1.99. The average Bonchev–Trinajstić information content (AvgIpc) is 2.15. The van der Waals surface area contributed by atoms with Gasteiger partial charge in [0.15, 0.2) is 0 Å². The maximum atomic E-state index is 5.69. The molecule has 0 N–H and O–H groups in total. The van der Waals surface area contributed by atoms with E-state index < -0.39 is 0 Å². The molecule has 0 saturated heterocycles. The van der Waals surface area contributed by atoms with Crippen molar-refractivity contribution in [2.75, 3.05) is 6.61 Å². The van der Waals surface area contributed by atoms with E-state index in [1.165, 1.54) is 0 Å². The summed E-state index contributed by atoms with van der Waals surface area (Å²) in [5.74, 6) is 1.11. The summed E-state index contributed by atoms with van der Waals surface area (Å²) < 4.78 is 5.38. The third-order valence-corrected chi connectivity index (χ3v) is 1.72. The molecule has 0 saturated carbocycles. The van der Waals surface area contributed by atoms with Gasteiger partial charge in [-0.1, -0.05) is 13.0 Å². The number of rotatable bonds is 4. The largest absolute Gasteiger partial charge is 0.477 e. The molecule has 0 unspecified atom stereocenters. The van der Waals surface area contributed by atoms with Gasteiger partial charge in [-0.15, -0.1) is 11.6 Å². The Labute approximate surface area is 77.5 Å². The number of alkyl halides is 1. The summed E-state index contributed by atoms with van der Waals surface area (Å²) >= 11 is 5.69. The van der Waals surface area contributed by atoms with Crippen LogP contribution in [0.5, 0.6) is 5.88 Å². The van der Waals surface area contributed by atoms with E-state index in [1.54, 1.807) is 6.20 Å². The maximum absolute atomic E-state index is 5.69. The number of pyridine rings is 1. The van der Waals surface area contributed by atoms with Crippen molar-refractivity contribution < 1.29 is 4.74 Å². The van der Waals surface area contributed by atoms with Crippen LogP contribution in [-0.4, -0.2) is 11.6 Å². The summed E-state index contributed by atoms with van der Waals surface area (Å²) in [5, 5.41) is 0. The van der Waals surface area contributed by atoms with Gasteiger partial charge in [0.25, 0.3) is 0 Å². The van der Waals surface area contributed by atoms with Crippen LogP contribution in [-0.2, 0) is 5.88 Å². The highest BCUT2D eigenvalue weighted by atomic mass is 35.5. The molecule has 1 rings (SSSR count). The van der Waals surface area contributed by atoms with Gasteiger partial charge in [0.2, 0.25) is 5.88 Å². The molecule has 3 heteroatoms. The van der Waals surface area contributed by atoms with Crippen LogP contribution in [0.1, 0.15) is 18.9 Å². The third kappa shape index (κ3) is 2.38. The molecule has 0 aliphatic heterocycles. The van der Waals surface area contributed by atoms with Crippen molar-refractivity contribution in [3.63, 3.8) is 0 Å². The Morgan fingerprint density at radius 2 is 2.42 bits per heavy atom. The number of hydrogen-bond donors (Lipinski definition) is 0. The lowest BCUT2D eigenvalue weighted by Gasteiger charge is -2.06. The van der Waals surface area contributed by atoms with Crippen LogP contribution >= 0.6 is 11.6 Å². The average molecular weight is 186 g/mol. The van der Waals surface area contributed by atoms with Gasteiger partial charge < -0.3 is 4.74 Å². The highest BCUT2D eigenvalue weighted by Crippen LogP contribution is 2.16. The minimum atomic E-state index is 0.451. The molecule has 0 amide bonds. The van der Waals surface area contributed by atoms with E-state index in [1.807, 2.05) is 12.1 Å². The number of ether oxygens (including phenoxy) is 1. The highest BCUT2D eigenvalue weighted by Gasteiger charge is 2.01. The molecule has 2 nitrogen and oxygen atoms in total. The predicted molar refractivity (Wildman–Crippen MR) is 49.6 cm³/mol. The van der Waals surface area contributed by atoms with Gasteiger partial charge in [-0.3, -0.25) is 0 Å². The molecule has 0 spiro atoms. The molecule has 0 aliphatic rings. The lowest BCUT2D eigenvalue weighted by molar-refractivity contribution is 0.303. The molecule has 0 fully saturated rings. The first kappa shape index (κ1) is 9.33. The number of aromatic nitrogens is 1.